The van der Waals surface area contributed by atoms with Gasteiger partial charge in [-0.2, -0.15) is 0 Å². The Labute approximate surface area is 112 Å². The first kappa shape index (κ1) is 13.0. The summed E-state index contributed by atoms with van der Waals surface area (Å²) in [4.78, 5) is 1.25. The fourth-order valence-electron chi connectivity index (χ4n) is 1.61. The van der Waals surface area contributed by atoms with Crippen molar-refractivity contribution in [1.82, 2.24) is 0 Å². The molecule has 0 unspecified atom stereocenters. The quantitative estimate of drug-likeness (QED) is 0.835. The van der Waals surface area contributed by atoms with Crippen molar-refractivity contribution in [1.29, 1.82) is 0 Å². The van der Waals surface area contributed by atoms with Gasteiger partial charge in [0.15, 0.2) is 0 Å². The lowest BCUT2D eigenvalue weighted by molar-refractivity contribution is 0.414. The summed E-state index contributed by atoms with van der Waals surface area (Å²) in [5.74, 6) is 1.86. The third-order valence-electron chi connectivity index (χ3n) is 2.72. The van der Waals surface area contributed by atoms with E-state index in [-0.39, 0.29) is 0 Å². The van der Waals surface area contributed by atoms with E-state index in [9.17, 15) is 0 Å². The molecular formula is C15H17NOS. The largest absolute Gasteiger partial charge is 0.497 e. The Hall–Kier alpha value is -1.45. The fraction of sp³-hybridized carbons (Fsp3) is 0.200. The smallest absolute Gasteiger partial charge is 0.118 e. The van der Waals surface area contributed by atoms with Gasteiger partial charge in [-0.15, -0.1) is 11.8 Å². The van der Waals surface area contributed by atoms with Gasteiger partial charge in [-0.3, -0.25) is 0 Å². The van der Waals surface area contributed by atoms with Crippen molar-refractivity contribution in [3.05, 3.63) is 59.7 Å². The molecule has 3 heteroatoms. The van der Waals surface area contributed by atoms with Gasteiger partial charge in [0.1, 0.15) is 5.75 Å². The Morgan fingerprint density at radius 3 is 2.11 bits per heavy atom. The van der Waals surface area contributed by atoms with E-state index in [0.29, 0.717) is 6.54 Å². The number of benzene rings is 2. The standard InChI is InChI=1S/C15H17NOS/c1-17-14-6-8-15(9-7-14)18-11-13-4-2-12(10-16)3-5-13/h2-9H,10-11,16H2,1H3. The predicted molar refractivity (Wildman–Crippen MR) is 76.9 cm³/mol. The Kier molecular flexibility index (Phi) is 4.67. The second-order valence-corrected chi connectivity index (χ2v) is 5.03. The molecule has 0 saturated heterocycles. The van der Waals surface area contributed by atoms with Crippen molar-refractivity contribution >= 4 is 11.8 Å². The molecule has 0 bridgehead atoms. The Morgan fingerprint density at radius 1 is 0.944 bits per heavy atom. The van der Waals surface area contributed by atoms with Crippen molar-refractivity contribution in [3.63, 3.8) is 0 Å². The lowest BCUT2D eigenvalue weighted by Crippen LogP contribution is -1.95. The van der Waals surface area contributed by atoms with Gasteiger partial charge < -0.3 is 10.5 Å². The Balaban J connectivity index is 1.93. The molecule has 0 radical (unpaired) electrons. The van der Waals surface area contributed by atoms with Gasteiger partial charge in [-0.05, 0) is 35.4 Å². The second kappa shape index (κ2) is 6.47. The first-order valence-electron chi connectivity index (χ1n) is 5.86. The molecule has 0 atom stereocenters. The van der Waals surface area contributed by atoms with Gasteiger partial charge in [-0.25, -0.2) is 0 Å². The SMILES string of the molecule is COc1ccc(SCc2ccc(CN)cc2)cc1. The van der Waals surface area contributed by atoms with Crippen LogP contribution in [-0.2, 0) is 12.3 Å². The third kappa shape index (κ3) is 3.52. The minimum absolute atomic E-state index is 0.603. The van der Waals surface area contributed by atoms with E-state index in [4.69, 9.17) is 10.5 Å². The van der Waals surface area contributed by atoms with E-state index in [2.05, 4.69) is 36.4 Å². The highest BCUT2D eigenvalue weighted by molar-refractivity contribution is 7.98. The number of nitrogens with two attached hydrogens (primary N) is 1. The van der Waals surface area contributed by atoms with Gasteiger partial charge in [0.2, 0.25) is 0 Å². The molecule has 0 aliphatic carbocycles. The summed E-state index contributed by atoms with van der Waals surface area (Å²) < 4.78 is 5.14. The number of hydrogen-bond acceptors (Lipinski definition) is 3. The first-order chi connectivity index (χ1) is 8.81. The Morgan fingerprint density at radius 2 is 1.56 bits per heavy atom. The van der Waals surface area contributed by atoms with Gasteiger partial charge in [-0.1, -0.05) is 24.3 Å². The molecule has 0 aromatic heterocycles. The molecular weight excluding hydrogens is 242 g/mol. The maximum Gasteiger partial charge on any atom is 0.118 e. The summed E-state index contributed by atoms with van der Waals surface area (Å²) in [5, 5.41) is 0. The van der Waals surface area contributed by atoms with E-state index >= 15 is 0 Å². The predicted octanol–water partition coefficient (Wildman–Crippen LogP) is 3.45. The van der Waals surface area contributed by atoms with Crippen LogP contribution in [0.2, 0.25) is 0 Å². The molecule has 0 spiro atoms. The summed E-state index contributed by atoms with van der Waals surface area (Å²) in [5.41, 5.74) is 8.06. The molecule has 2 N–H and O–H groups in total. The van der Waals surface area contributed by atoms with Crippen LogP contribution < -0.4 is 10.5 Å². The number of rotatable bonds is 5. The van der Waals surface area contributed by atoms with Crippen LogP contribution in [0.1, 0.15) is 11.1 Å². The van der Waals surface area contributed by atoms with Crippen molar-refractivity contribution in [2.24, 2.45) is 5.73 Å². The molecule has 2 aromatic rings. The minimum Gasteiger partial charge on any atom is -0.497 e. The lowest BCUT2D eigenvalue weighted by atomic mass is 10.1. The van der Waals surface area contributed by atoms with Gasteiger partial charge >= 0.3 is 0 Å². The molecule has 2 rings (SSSR count). The summed E-state index contributed by atoms with van der Waals surface area (Å²) in [6, 6.07) is 16.6. The van der Waals surface area contributed by atoms with Crippen molar-refractivity contribution in [2.45, 2.75) is 17.2 Å². The highest BCUT2D eigenvalue weighted by atomic mass is 32.2. The zero-order valence-corrected chi connectivity index (χ0v) is 11.2. The van der Waals surface area contributed by atoms with Crippen molar-refractivity contribution in [2.75, 3.05) is 7.11 Å². The van der Waals surface area contributed by atoms with E-state index in [0.717, 1.165) is 11.5 Å². The van der Waals surface area contributed by atoms with Crippen LogP contribution in [0.25, 0.3) is 0 Å². The van der Waals surface area contributed by atoms with E-state index in [1.54, 1.807) is 7.11 Å². The van der Waals surface area contributed by atoms with E-state index in [1.165, 1.54) is 16.0 Å². The van der Waals surface area contributed by atoms with Crippen LogP contribution in [-0.4, -0.2) is 7.11 Å². The van der Waals surface area contributed by atoms with Crippen LogP contribution in [0.15, 0.2) is 53.4 Å². The summed E-state index contributed by atoms with van der Waals surface area (Å²) in [6.07, 6.45) is 0. The zero-order valence-electron chi connectivity index (χ0n) is 10.4. The van der Waals surface area contributed by atoms with E-state index < -0.39 is 0 Å². The lowest BCUT2D eigenvalue weighted by Gasteiger charge is -2.04. The molecule has 0 aliphatic heterocycles. The minimum atomic E-state index is 0.603. The number of hydrogen-bond donors (Lipinski definition) is 1. The molecule has 2 aromatic carbocycles. The highest BCUT2D eigenvalue weighted by Gasteiger charge is 1.98. The maximum absolute atomic E-state index is 5.58. The summed E-state index contributed by atoms with van der Waals surface area (Å²) >= 11 is 1.82. The van der Waals surface area contributed by atoms with Crippen molar-refractivity contribution < 1.29 is 4.74 Å². The first-order valence-corrected chi connectivity index (χ1v) is 6.85. The normalized spacial score (nSPS) is 10.3. The average Bonchev–Trinajstić information content (AvgIpc) is 2.46. The molecule has 2 nitrogen and oxygen atoms in total. The average molecular weight is 259 g/mol. The number of thioether (sulfide) groups is 1. The van der Waals surface area contributed by atoms with Gasteiger partial charge in [0, 0.05) is 17.2 Å². The van der Waals surface area contributed by atoms with Crippen LogP contribution in [0, 0.1) is 0 Å². The second-order valence-electron chi connectivity index (χ2n) is 3.98. The van der Waals surface area contributed by atoms with Crippen LogP contribution in [0.3, 0.4) is 0 Å². The van der Waals surface area contributed by atoms with Crippen LogP contribution in [0.4, 0.5) is 0 Å². The number of ether oxygens (including phenoxy) is 1. The highest BCUT2D eigenvalue weighted by Crippen LogP contribution is 2.24. The molecule has 0 fully saturated rings. The zero-order chi connectivity index (χ0) is 12.8. The van der Waals surface area contributed by atoms with Crippen molar-refractivity contribution in [3.8, 4) is 5.75 Å². The monoisotopic (exact) mass is 259 g/mol. The number of methoxy groups -OCH3 is 1. The fourth-order valence-corrected chi connectivity index (χ4v) is 2.46. The van der Waals surface area contributed by atoms with Gasteiger partial charge in [0.05, 0.1) is 7.11 Å². The van der Waals surface area contributed by atoms with Crippen LogP contribution in [0.5, 0.6) is 5.75 Å². The molecule has 0 saturated carbocycles. The molecule has 94 valence electrons. The van der Waals surface area contributed by atoms with Gasteiger partial charge in [0.25, 0.3) is 0 Å². The van der Waals surface area contributed by atoms with E-state index in [1.807, 2.05) is 23.9 Å². The van der Waals surface area contributed by atoms with Crippen LogP contribution >= 0.6 is 11.8 Å². The molecule has 0 heterocycles. The molecule has 0 amide bonds. The maximum atomic E-state index is 5.58. The molecule has 18 heavy (non-hydrogen) atoms. The third-order valence-corrected chi connectivity index (χ3v) is 3.81. The Bertz CT molecular complexity index is 431. The summed E-state index contributed by atoms with van der Waals surface area (Å²) in [7, 11) is 1.68. The molecule has 0 aliphatic rings. The topological polar surface area (TPSA) is 35.2 Å². The summed E-state index contributed by atoms with van der Waals surface area (Å²) in [6.45, 7) is 0.603.